The van der Waals surface area contributed by atoms with Crippen molar-refractivity contribution < 1.29 is 9.18 Å². The van der Waals surface area contributed by atoms with Gasteiger partial charge in [-0.25, -0.2) is 4.39 Å². The molecule has 0 radical (unpaired) electrons. The van der Waals surface area contributed by atoms with Crippen LogP contribution in [0.2, 0.25) is 0 Å². The summed E-state index contributed by atoms with van der Waals surface area (Å²) < 4.78 is 14.4. The van der Waals surface area contributed by atoms with E-state index >= 15 is 0 Å². The maximum absolute atomic E-state index is 14.4. The van der Waals surface area contributed by atoms with Gasteiger partial charge in [-0.15, -0.1) is 11.3 Å². The standard InChI is InChI=1S/C17H18FN3OS2/c18-13-11-12(6-7-14(13)21-8-2-1-3-9-21)19-17(23)20-16(22)15-5-4-10-24-15/h4-7,10-11H,1-3,8-9H2,(H2,19,20,22,23). The lowest BCUT2D eigenvalue weighted by Crippen LogP contribution is -2.33. The van der Waals surface area contributed by atoms with E-state index in [-0.39, 0.29) is 16.8 Å². The van der Waals surface area contributed by atoms with Crippen molar-refractivity contribution in [3.8, 4) is 0 Å². The molecule has 2 aromatic rings. The molecule has 0 bridgehead atoms. The molecule has 3 rings (SSSR count). The average Bonchev–Trinajstić information content (AvgIpc) is 3.10. The van der Waals surface area contributed by atoms with Gasteiger partial charge in [0.25, 0.3) is 5.91 Å². The Kier molecular flexibility index (Phi) is 5.42. The van der Waals surface area contributed by atoms with E-state index in [1.54, 1.807) is 24.3 Å². The predicted molar refractivity (Wildman–Crippen MR) is 100 cm³/mol. The van der Waals surface area contributed by atoms with Crippen molar-refractivity contribution in [3.63, 3.8) is 0 Å². The van der Waals surface area contributed by atoms with E-state index in [0.717, 1.165) is 25.9 Å². The second kappa shape index (κ2) is 7.72. The van der Waals surface area contributed by atoms with Crippen LogP contribution < -0.4 is 15.5 Å². The third kappa shape index (κ3) is 4.10. The predicted octanol–water partition coefficient (Wildman–Crippen LogP) is 4.00. The van der Waals surface area contributed by atoms with Crippen LogP contribution in [0.25, 0.3) is 0 Å². The van der Waals surface area contributed by atoms with Crippen LogP contribution in [-0.2, 0) is 0 Å². The van der Waals surface area contributed by atoms with Gasteiger partial charge in [0.1, 0.15) is 5.82 Å². The van der Waals surface area contributed by atoms with Crippen LogP contribution in [0.1, 0.15) is 28.9 Å². The number of thiocarbonyl (C=S) groups is 1. The number of rotatable bonds is 3. The van der Waals surface area contributed by atoms with E-state index in [2.05, 4.69) is 15.5 Å². The van der Waals surface area contributed by atoms with Gasteiger partial charge < -0.3 is 10.2 Å². The number of nitrogens with one attached hydrogen (secondary N) is 2. The normalized spacial score (nSPS) is 14.3. The van der Waals surface area contributed by atoms with Crippen molar-refractivity contribution in [1.29, 1.82) is 0 Å². The van der Waals surface area contributed by atoms with Crippen LogP contribution in [-0.4, -0.2) is 24.1 Å². The summed E-state index contributed by atoms with van der Waals surface area (Å²) in [6, 6.07) is 8.46. The van der Waals surface area contributed by atoms with Crippen molar-refractivity contribution in [2.24, 2.45) is 0 Å². The van der Waals surface area contributed by atoms with E-state index in [1.165, 1.54) is 23.8 Å². The fraction of sp³-hybridized carbons (Fsp3) is 0.294. The summed E-state index contributed by atoms with van der Waals surface area (Å²) >= 11 is 6.45. The van der Waals surface area contributed by atoms with Crippen LogP contribution in [0.5, 0.6) is 0 Å². The Morgan fingerprint density at radius 1 is 1.21 bits per heavy atom. The van der Waals surface area contributed by atoms with E-state index in [0.29, 0.717) is 16.3 Å². The summed E-state index contributed by atoms with van der Waals surface area (Å²) in [4.78, 5) is 14.6. The summed E-state index contributed by atoms with van der Waals surface area (Å²) in [6.45, 7) is 1.78. The van der Waals surface area contributed by atoms with E-state index in [1.807, 2.05) is 5.38 Å². The molecule has 0 atom stereocenters. The second-order valence-corrected chi connectivity index (χ2v) is 6.96. The molecule has 2 N–H and O–H groups in total. The molecule has 0 unspecified atom stereocenters. The molecule has 24 heavy (non-hydrogen) atoms. The van der Waals surface area contributed by atoms with Gasteiger partial charge in [-0.3, -0.25) is 10.1 Å². The van der Waals surface area contributed by atoms with Crippen LogP contribution in [0.15, 0.2) is 35.7 Å². The van der Waals surface area contributed by atoms with Crippen molar-refractivity contribution in [2.75, 3.05) is 23.3 Å². The minimum Gasteiger partial charge on any atom is -0.369 e. The highest BCUT2D eigenvalue weighted by Crippen LogP contribution is 2.25. The zero-order valence-corrected chi connectivity index (χ0v) is 14.7. The summed E-state index contributed by atoms with van der Waals surface area (Å²) in [6.07, 6.45) is 3.40. The van der Waals surface area contributed by atoms with Crippen molar-refractivity contribution in [2.45, 2.75) is 19.3 Å². The van der Waals surface area contributed by atoms with E-state index in [4.69, 9.17) is 12.2 Å². The highest BCUT2D eigenvalue weighted by molar-refractivity contribution is 7.80. The Morgan fingerprint density at radius 3 is 2.67 bits per heavy atom. The minimum atomic E-state index is -0.283. The van der Waals surface area contributed by atoms with E-state index in [9.17, 15) is 9.18 Å². The highest BCUT2D eigenvalue weighted by atomic mass is 32.1. The minimum absolute atomic E-state index is 0.151. The molecule has 1 fully saturated rings. The Balaban J connectivity index is 1.61. The zero-order valence-electron chi connectivity index (χ0n) is 13.0. The van der Waals surface area contributed by atoms with Gasteiger partial charge in [-0.05, 0) is 61.1 Å². The number of hydrogen-bond donors (Lipinski definition) is 2. The molecule has 4 nitrogen and oxygen atoms in total. The maximum atomic E-state index is 14.4. The lowest BCUT2D eigenvalue weighted by Gasteiger charge is -2.29. The molecule has 1 aromatic heterocycles. The maximum Gasteiger partial charge on any atom is 0.267 e. The van der Waals surface area contributed by atoms with Gasteiger partial charge in [0, 0.05) is 18.8 Å². The third-order valence-corrected chi connectivity index (χ3v) is 4.95. The molecule has 126 valence electrons. The number of amides is 1. The molecular weight excluding hydrogens is 345 g/mol. The van der Waals surface area contributed by atoms with Gasteiger partial charge in [-0.1, -0.05) is 6.07 Å². The lowest BCUT2D eigenvalue weighted by molar-refractivity contribution is 0.0981. The van der Waals surface area contributed by atoms with Crippen molar-refractivity contribution in [1.82, 2.24) is 5.32 Å². The summed E-state index contributed by atoms with van der Waals surface area (Å²) in [5, 5.41) is 7.41. The number of hydrogen-bond acceptors (Lipinski definition) is 4. The average molecular weight is 363 g/mol. The first-order valence-corrected chi connectivity index (χ1v) is 9.12. The number of anilines is 2. The van der Waals surface area contributed by atoms with Crippen LogP contribution in [0.4, 0.5) is 15.8 Å². The van der Waals surface area contributed by atoms with Gasteiger partial charge in [-0.2, -0.15) is 0 Å². The first-order chi connectivity index (χ1) is 11.6. The SMILES string of the molecule is O=C(NC(=S)Nc1ccc(N2CCCCC2)c(F)c1)c1cccs1. The topological polar surface area (TPSA) is 44.4 Å². The Labute approximate surface area is 149 Å². The number of halogens is 1. The van der Waals surface area contributed by atoms with Gasteiger partial charge in [0.2, 0.25) is 0 Å². The van der Waals surface area contributed by atoms with Gasteiger partial charge in [0.05, 0.1) is 10.6 Å². The largest absolute Gasteiger partial charge is 0.369 e. The number of benzene rings is 1. The fourth-order valence-electron chi connectivity index (χ4n) is 2.71. The molecule has 0 aliphatic carbocycles. The number of piperidine rings is 1. The van der Waals surface area contributed by atoms with E-state index < -0.39 is 0 Å². The third-order valence-electron chi connectivity index (χ3n) is 3.87. The Hall–Kier alpha value is -1.99. The van der Waals surface area contributed by atoms with Crippen molar-refractivity contribution >= 4 is 45.9 Å². The molecule has 1 amide bonds. The molecule has 7 heteroatoms. The molecule has 1 saturated heterocycles. The molecule has 1 aromatic carbocycles. The number of nitrogens with zero attached hydrogens (tertiary/aromatic N) is 1. The summed E-state index contributed by atoms with van der Waals surface area (Å²) in [7, 11) is 0. The molecular formula is C17H18FN3OS2. The first kappa shape index (κ1) is 16.9. The van der Waals surface area contributed by atoms with Crippen LogP contribution in [0, 0.1) is 5.82 Å². The monoisotopic (exact) mass is 363 g/mol. The quantitative estimate of drug-likeness (QED) is 0.809. The van der Waals surface area contributed by atoms with Gasteiger partial charge in [0.15, 0.2) is 5.11 Å². The van der Waals surface area contributed by atoms with Crippen LogP contribution >= 0.6 is 23.6 Å². The number of carbonyl (C=O) groups excluding carboxylic acids is 1. The molecule has 2 heterocycles. The van der Waals surface area contributed by atoms with Gasteiger partial charge >= 0.3 is 0 Å². The fourth-order valence-corrected chi connectivity index (χ4v) is 3.54. The number of thiophene rings is 1. The Morgan fingerprint density at radius 2 is 2.00 bits per heavy atom. The summed E-state index contributed by atoms with van der Waals surface area (Å²) in [5.74, 6) is -0.554. The van der Waals surface area contributed by atoms with Crippen molar-refractivity contribution in [3.05, 3.63) is 46.4 Å². The first-order valence-electron chi connectivity index (χ1n) is 7.84. The molecule has 1 aliphatic heterocycles. The summed E-state index contributed by atoms with van der Waals surface area (Å²) in [5.41, 5.74) is 1.14. The second-order valence-electron chi connectivity index (χ2n) is 5.60. The highest BCUT2D eigenvalue weighted by Gasteiger charge is 2.15. The molecule has 0 spiro atoms. The molecule has 1 aliphatic rings. The smallest absolute Gasteiger partial charge is 0.267 e. The zero-order chi connectivity index (χ0) is 16.9. The van der Waals surface area contributed by atoms with Crippen LogP contribution in [0.3, 0.4) is 0 Å². The molecule has 0 saturated carbocycles. The Bertz CT molecular complexity index is 727. The lowest BCUT2D eigenvalue weighted by atomic mass is 10.1. The number of carbonyl (C=O) groups is 1.